The summed E-state index contributed by atoms with van der Waals surface area (Å²) in [6.45, 7) is 5.25. The van der Waals surface area contributed by atoms with Crippen LogP contribution in [0.2, 0.25) is 5.02 Å². The molecule has 0 bridgehead atoms. The molecule has 4 nitrogen and oxygen atoms in total. The van der Waals surface area contributed by atoms with Crippen LogP contribution in [0.25, 0.3) is 5.65 Å². The lowest BCUT2D eigenvalue weighted by molar-refractivity contribution is 0.230. The Kier molecular flexibility index (Phi) is 3.01. The van der Waals surface area contributed by atoms with Crippen molar-refractivity contribution in [2.75, 3.05) is 26.2 Å². The van der Waals surface area contributed by atoms with Crippen molar-refractivity contribution in [2.45, 2.75) is 6.54 Å². The topological polar surface area (TPSA) is 32.6 Å². The van der Waals surface area contributed by atoms with Gasteiger partial charge in [-0.2, -0.15) is 0 Å². The number of imidazole rings is 1. The van der Waals surface area contributed by atoms with Crippen LogP contribution in [0.3, 0.4) is 0 Å². The van der Waals surface area contributed by atoms with Gasteiger partial charge >= 0.3 is 0 Å². The van der Waals surface area contributed by atoms with Gasteiger partial charge in [0.25, 0.3) is 0 Å². The Morgan fingerprint density at radius 1 is 1.29 bits per heavy atom. The molecule has 2 aromatic heterocycles. The first kappa shape index (κ1) is 11.0. The second kappa shape index (κ2) is 4.64. The maximum absolute atomic E-state index is 6.02. The highest BCUT2D eigenvalue weighted by Crippen LogP contribution is 2.14. The quantitative estimate of drug-likeness (QED) is 0.875. The summed E-state index contributed by atoms with van der Waals surface area (Å²) in [5.41, 5.74) is 2.16. The van der Waals surface area contributed by atoms with Gasteiger partial charge in [0.1, 0.15) is 5.65 Å². The van der Waals surface area contributed by atoms with Crippen molar-refractivity contribution in [3.63, 3.8) is 0 Å². The number of nitrogens with one attached hydrogen (secondary N) is 1. The van der Waals surface area contributed by atoms with Crippen molar-refractivity contribution in [1.29, 1.82) is 0 Å². The van der Waals surface area contributed by atoms with Crippen molar-refractivity contribution in [3.05, 3.63) is 35.2 Å². The van der Waals surface area contributed by atoms with E-state index < -0.39 is 0 Å². The first-order chi connectivity index (χ1) is 8.33. The second-order valence-corrected chi connectivity index (χ2v) is 4.79. The normalized spacial score (nSPS) is 17.7. The highest BCUT2D eigenvalue weighted by atomic mass is 35.5. The lowest BCUT2D eigenvalue weighted by Gasteiger charge is -2.26. The minimum absolute atomic E-state index is 0.747. The minimum Gasteiger partial charge on any atom is -0.314 e. The highest BCUT2D eigenvalue weighted by molar-refractivity contribution is 6.30. The van der Waals surface area contributed by atoms with E-state index in [4.69, 9.17) is 11.6 Å². The van der Waals surface area contributed by atoms with Crippen LogP contribution >= 0.6 is 11.6 Å². The number of nitrogens with zero attached hydrogens (tertiary/aromatic N) is 3. The van der Waals surface area contributed by atoms with E-state index in [0.717, 1.165) is 43.4 Å². The highest BCUT2D eigenvalue weighted by Gasteiger charge is 2.12. The molecule has 90 valence electrons. The van der Waals surface area contributed by atoms with Crippen molar-refractivity contribution in [2.24, 2.45) is 0 Å². The Balaban J connectivity index is 1.86. The number of hydrogen-bond donors (Lipinski definition) is 1. The predicted molar refractivity (Wildman–Crippen MR) is 68.3 cm³/mol. The molecule has 2 aromatic rings. The molecule has 0 amide bonds. The molecule has 3 heterocycles. The van der Waals surface area contributed by atoms with Gasteiger partial charge in [0, 0.05) is 38.9 Å². The Morgan fingerprint density at radius 2 is 2.12 bits per heavy atom. The molecular formula is C12H15ClN4. The molecule has 1 fully saturated rings. The largest absolute Gasteiger partial charge is 0.314 e. The molecule has 0 spiro atoms. The summed E-state index contributed by atoms with van der Waals surface area (Å²) in [5.74, 6) is 0. The van der Waals surface area contributed by atoms with Crippen LogP contribution in [0.5, 0.6) is 0 Å². The van der Waals surface area contributed by atoms with Gasteiger partial charge < -0.3 is 9.72 Å². The molecule has 17 heavy (non-hydrogen) atoms. The van der Waals surface area contributed by atoms with Crippen molar-refractivity contribution in [1.82, 2.24) is 19.6 Å². The Bertz CT molecular complexity index is 516. The molecule has 0 atom stereocenters. The molecule has 0 aromatic carbocycles. The van der Waals surface area contributed by atoms with Crippen LogP contribution in [0, 0.1) is 0 Å². The third kappa shape index (κ3) is 2.29. The van der Waals surface area contributed by atoms with E-state index in [9.17, 15) is 0 Å². The van der Waals surface area contributed by atoms with E-state index in [2.05, 4.69) is 19.6 Å². The van der Waals surface area contributed by atoms with Crippen LogP contribution in [-0.2, 0) is 6.54 Å². The zero-order valence-corrected chi connectivity index (χ0v) is 10.3. The Morgan fingerprint density at radius 3 is 2.94 bits per heavy atom. The van der Waals surface area contributed by atoms with Gasteiger partial charge in [-0.3, -0.25) is 4.90 Å². The SMILES string of the molecule is Clc1ccc2ncc(CN3CCNCC3)n2c1. The number of pyridine rings is 1. The molecule has 0 saturated carbocycles. The van der Waals surface area contributed by atoms with Crippen LogP contribution in [0.15, 0.2) is 24.5 Å². The van der Waals surface area contributed by atoms with Crippen LogP contribution in [0.1, 0.15) is 5.69 Å². The van der Waals surface area contributed by atoms with Crippen LogP contribution in [0.4, 0.5) is 0 Å². The molecule has 1 aliphatic heterocycles. The van der Waals surface area contributed by atoms with Crippen molar-refractivity contribution < 1.29 is 0 Å². The second-order valence-electron chi connectivity index (χ2n) is 4.35. The van der Waals surface area contributed by atoms with Gasteiger partial charge in [-0.15, -0.1) is 0 Å². The molecule has 1 saturated heterocycles. The van der Waals surface area contributed by atoms with Crippen molar-refractivity contribution >= 4 is 17.2 Å². The monoisotopic (exact) mass is 250 g/mol. The molecule has 3 rings (SSSR count). The van der Waals surface area contributed by atoms with E-state index in [0.29, 0.717) is 0 Å². The Labute approximate surface area is 105 Å². The number of hydrogen-bond acceptors (Lipinski definition) is 3. The molecule has 1 N–H and O–H groups in total. The van der Waals surface area contributed by atoms with E-state index in [1.807, 2.05) is 24.5 Å². The summed E-state index contributed by atoms with van der Waals surface area (Å²) in [5, 5.41) is 4.10. The third-order valence-electron chi connectivity index (χ3n) is 3.14. The van der Waals surface area contributed by atoms with Gasteiger partial charge in [0.2, 0.25) is 0 Å². The van der Waals surface area contributed by atoms with Gasteiger partial charge in [-0.05, 0) is 12.1 Å². The summed E-state index contributed by atoms with van der Waals surface area (Å²) in [6, 6.07) is 3.82. The van der Waals surface area contributed by atoms with E-state index in [-0.39, 0.29) is 0 Å². The maximum atomic E-state index is 6.02. The zero-order valence-electron chi connectivity index (χ0n) is 9.56. The van der Waals surface area contributed by atoms with Gasteiger partial charge in [-0.1, -0.05) is 11.6 Å². The molecule has 0 aliphatic carbocycles. The summed E-state index contributed by atoms with van der Waals surface area (Å²) in [7, 11) is 0. The summed E-state index contributed by atoms with van der Waals surface area (Å²) in [4.78, 5) is 6.82. The summed E-state index contributed by atoms with van der Waals surface area (Å²) < 4.78 is 2.07. The Hall–Kier alpha value is -1.10. The van der Waals surface area contributed by atoms with Gasteiger partial charge in [0.05, 0.1) is 16.9 Å². The van der Waals surface area contributed by atoms with E-state index in [1.165, 1.54) is 5.69 Å². The maximum Gasteiger partial charge on any atom is 0.137 e. The number of fused-ring (bicyclic) bond motifs is 1. The fourth-order valence-corrected chi connectivity index (χ4v) is 2.38. The number of aromatic nitrogens is 2. The zero-order chi connectivity index (χ0) is 11.7. The average Bonchev–Trinajstić information content (AvgIpc) is 2.73. The van der Waals surface area contributed by atoms with Gasteiger partial charge in [-0.25, -0.2) is 4.98 Å². The van der Waals surface area contributed by atoms with Crippen LogP contribution < -0.4 is 5.32 Å². The lowest BCUT2D eigenvalue weighted by atomic mass is 10.3. The average molecular weight is 251 g/mol. The molecule has 5 heteroatoms. The van der Waals surface area contributed by atoms with E-state index in [1.54, 1.807) is 0 Å². The standard InChI is InChI=1S/C12H15ClN4/c13-10-1-2-12-15-7-11(17(12)8-10)9-16-5-3-14-4-6-16/h1-2,7-8,14H,3-6,9H2. The van der Waals surface area contributed by atoms with Gasteiger partial charge in [0.15, 0.2) is 0 Å². The van der Waals surface area contributed by atoms with Crippen LogP contribution in [-0.4, -0.2) is 40.5 Å². The summed E-state index contributed by atoms with van der Waals surface area (Å²) in [6.07, 6.45) is 3.87. The first-order valence-corrected chi connectivity index (χ1v) is 6.25. The van der Waals surface area contributed by atoms with E-state index >= 15 is 0 Å². The number of rotatable bonds is 2. The summed E-state index contributed by atoms with van der Waals surface area (Å²) >= 11 is 6.02. The molecular weight excluding hydrogens is 236 g/mol. The number of halogens is 1. The minimum atomic E-state index is 0.747. The molecule has 0 radical (unpaired) electrons. The fourth-order valence-electron chi connectivity index (χ4n) is 2.22. The fraction of sp³-hybridized carbons (Fsp3) is 0.417. The molecule has 1 aliphatic rings. The smallest absolute Gasteiger partial charge is 0.137 e. The number of piperazine rings is 1. The van der Waals surface area contributed by atoms with Crippen molar-refractivity contribution in [3.8, 4) is 0 Å². The lowest BCUT2D eigenvalue weighted by Crippen LogP contribution is -2.43. The molecule has 0 unspecified atom stereocenters. The third-order valence-corrected chi connectivity index (χ3v) is 3.36. The first-order valence-electron chi connectivity index (χ1n) is 5.87. The predicted octanol–water partition coefficient (Wildman–Crippen LogP) is 1.39.